The minimum atomic E-state index is -0.234. The van der Waals surface area contributed by atoms with Crippen molar-refractivity contribution in [3.8, 4) is 0 Å². The van der Waals surface area contributed by atoms with Gasteiger partial charge >= 0.3 is 0 Å². The molecule has 1 atom stereocenters. The Kier molecular flexibility index (Phi) is 3.02. The van der Waals surface area contributed by atoms with Crippen LogP contribution in [-0.2, 0) is 5.54 Å². The van der Waals surface area contributed by atoms with Crippen molar-refractivity contribution in [3.05, 3.63) is 66.0 Å². The molecule has 2 aromatic rings. The van der Waals surface area contributed by atoms with Crippen molar-refractivity contribution >= 4 is 0 Å². The van der Waals surface area contributed by atoms with Gasteiger partial charge in [0.1, 0.15) is 0 Å². The third-order valence-electron chi connectivity index (χ3n) is 3.03. The maximum absolute atomic E-state index is 4.44. The Morgan fingerprint density at radius 3 is 2.25 bits per heavy atom. The predicted octanol–water partition coefficient (Wildman–Crippen LogP) is 2.56. The standard InChI is InChI=1S/C14H16N2/c1-14(15-2,12-8-4-3-5-9-12)13-10-6-7-11-16-13/h3-11,15H,1-2H3/t14-/m0/s1. The molecule has 0 aliphatic rings. The van der Waals surface area contributed by atoms with Gasteiger partial charge in [-0.3, -0.25) is 4.98 Å². The molecule has 0 bridgehead atoms. The van der Waals surface area contributed by atoms with Crippen molar-refractivity contribution in [2.75, 3.05) is 7.05 Å². The number of hydrogen-bond donors (Lipinski definition) is 1. The second kappa shape index (κ2) is 4.45. The Morgan fingerprint density at radius 2 is 1.69 bits per heavy atom. The zero-order valence-electron chi connectivity index (χ0n) is 9.64. The van der Waals surface area contributed by atoms with Crippen LogP contribution in [0.15, 0.2) is 54.7 Å². The summed E-state index contributed by atoms with van der Waals surface area (Å²) in [5.41, 5.74) is 2.02. The van der Waals surface area contributed by atoms with Gasteiger partial charge in [-0.25, -0.2) is 0 Å². The molecule has 0 saturated carbocycles. The lowest BCUT2D eigenvalue weighted by atomic mass is 9.88. The van der Waals surface area contributed by atoms with E-state index in [1.165, 1.54) is 5.56 Å². The van der Waals surface area contributed by atoms with Gasteiger partial charge in [-0.1, -0.05) is 36.4 Å². The molecular weight excluding hydrogens is 196 g/mol. The Labute approximate surface area is 96.4 Å². The second-order valence-corrected chi connectivity index (χ2v) is 3.96. The van der Waals surface area contributed by atoms with Crippen LogP contribution in [0, 0.1) is 0 Å². The van der Waals surface area contributed by atoms with E-state index in [4.69, 9.17) is 0 Å². The van der Waals surface area contributed by atoms with Gasteiger partial charge in [0.15, 0.2) is 0 Å². The Balaban J connectivity index is 2.49. The molecule has 1 heterocycles. The van der Waals surface area contributed by atoms with Gasteiger partial charge < -0.3 is 5.32 Å². The summed E-state index contributed by atoms with van der Waals surface area (Å²) in [6.45, 7) is 2.14. The SMILES string of the molecule is CN[C@@](C)(c1ccccc1)c1ccccn1. The van der Waals surface area contributed by atoms with Gasteiger partial charge in [-0.05, 0) is 31.7 Å². The maximum Gasteiger partial charge on any atom is 0.0832 e. The predicted molar refractivity (Wildman–Crippen MR) is 66.2 cm³/mol. The van der Waals surface area contributed by atoms with Crippen LogP contribution >= 0.6 is 0 Å². The van der Waals surface area contributed by atoms with Crippen LogP contribution in [0.4, 0.5) is 0 Å². The molecule has 16 heavy (non-hydrogen) atoms. The molecule has 0 radical (unpaired) electrons. The van der Waals surface area contributed by atoms with E-state index in [9.17, 15) is 0 Å². The number of pyridine rings is 1. The molecular formula is C14H16N2. The quantitative estimate of drug-likeness (QED) is 0.845. The van der Waals surface area contributed by atoms with Crippen molar-refractivity contribution in [2.45, 2.75) is 12.5 Å². The van der Waals surface area contributed by atoms with Crippen molar-refractivity contribution in [3.63, 3.8) is 0 Å². The average Bonchev–Trinajstić information content (AvgIpc) is 2.40. The summed E-state index contributed by atoms with van der Waals surface area (Å²) < 4.78 is 0. The van der Waals surface area contributed by atoms with Gasteiger partial charge in [0, 0.05) is 6.20 Å². The van der Waals surface area contributed by atoms with E-state index < -0.39 is 0 Å². The van der Waals surface area contributed by atoms with Crippen molar-refractivity contribution in [2.24, 2.45) is 0 Å². The van der Waals surface area contributed by atoms with E-state index in [0.29, 0.717) is 0 Å². The van der Waals surface area contributed by atoms with E-state index in [-0.39, 0.29) is 5.54 Å². The van der Waals surface area contributed by atoms with Gasteiger partial charge in [-0.15, -0.1) is 0 Å². The Hall–Kier alpha value is -1.67. The fraction of sp³-hybridized carbons (Fsp3) is 0.214. The first kappa shape index (κ1) is 10.8. The van der Waals surface area contributed by atoms with E-state index in [1.54, 1.807) is 0 Å². The molecule has 82 valence electrons. The monoisotopic (exact) mass is 212 g/mol. The van der Waals surface area contributed by atoms with Crippen LogP contribution in [-0.4, -0.2) is 12.0 Å². The maximum atomic E-state index is 4.44. The summed E-state index contributed by atoms with van der Waals surface area (Å²) in [7, 11) is 1.96. The molecule has 2 heteroatoms. The summed E-state index contributed by atoms with van der Waals surface area (Å²) in [6.07, 6.45) is 1.83. The molecule has 1 aromatic carbocycles. The van der Waals surface area contributed by atoms with Gasteiger partial charge in [-0.2, -0.15) is 0 Å². The molecule has 0 spiro atoms. The lowest BCUT2D eigenvalue weighted by Gasteiger charge is -2.29. The number of hydrogen-bond acceptors (Lipinski definition) is 2. The van der Waals surface area contributed by atoms with Crippen LogP contribution in [0.1, 0.15) is 18.2 Å². The van der Waals surface area contributed by atoms with Gasteiger partial charge in [0.2, 0.25) is 0 Å². The van der Waals surface area contributed by atoms with Crippen LogP contribution < -0.4 is 5.32 Å². The lowest BCUT2D eigenvalue weighted by Crippen LogP contribution is -2.38. The van der Waals surface area contributed by atoms with E-state index in [0.717, 1.165) is 5.69 Å². The van der Waals surface area contributed by atoms with Crippen LogP contribution in [0.3, 0.4) is 0 Å². The molecule has 0 unspecified atom stereocenters. The average molecular weight is 212 g/mol. The molecule has 0 aliphatic heterocycles. The summed E-state index contributed by atoms with van der Waals surface area (Å²) >= 11 is 0. The molecule has 0 saturated heterocycles. The highest BCUT2D eigenvalue weighted by molar-refractivity contribution is 5.33. The first-order valence-corrected chi connectivity index (χ1v) is 5.43. The van der Waals surface area contributed by atoms with E-state index in [2.05, 4.69) is 29.4 Å². The fourth-order valence-electron chi connectivity index (χ4n) is 1.85. The summed E-state index contributed by atoms with van der Waals surface area (Å²) in [5.74, 6) is 0. The zero-order valence-corrected chi connectivity index (χ0v) is 9.64. The molecule has 2 nitrogen and oxygen atoms in total. The molecule has 2 rings (SSSR count). The Bertz CT molecular complexity index is 397. The minimum Gasteiger partial charge on any atom is -0.306 e. The van der Waals surface area contributed by atoms with Crippen molar-refractivity contribution in [1.82, 2.24) is 10.3 Å². The first-order chi connectivity index (χ1) is 7.77. The zero-order chi connectivity index (χ0) is 11.4. The number of benzene rings is 1. The second-order valence-electron chi connectivity index (χ2n) is 3.96. The molecule has 0 aliphatic carbocycles. The highest BCUT2D eigenvalue weighted by atomic mass is 15.0. The fourth-order valence-corrected chi connectivity index (χ4v) is 1.85. The number of rotatable bonds is 3. The topological polar surface area (TPSA) is 24.9 Å². The third kappa shape index (κ3) is 1.84. The summed E-state index contributed by atoms with van der Waals surface area (Å²) in [5, 5.41) is 3.35. The van der Waals surface area contributed by atoms with Crippen LogP contribution in [0.5, 0.6) is 0 Å². The normalized spacial score (nSPS) is 14.4. The van der Waals surface area contributed by atoms with Crippen molar-refractivity contribution in [1.29, 1.82) is 0 Å². The van der Waals surface area contributed by atoms with Gasteiger partial charge in [0.05, 0.1) is 11.2 Å². The summed E-state index contributed by atoms with van der Waals surface area (Å²) in [4.78, 5) is 4.44. The summed E-state index contributed by atoms with van der Waals surface area (Å²) in [6, 6.07) is 16.4. The molecule has 1 N–H and O–H groups in total. The molecule has 0 fully saturated rings. The Morgan fingerprint density at radius 1 is 1.00 bits per heavy atom. The smallest absolute Gasteiger partial charge is 0.0832 e. The van der Waals surface area contributed by atoms with Crippen LogP contribution in [0.2, 0.25) is 0 Å². The largest absolute Gasteiger partial charge is 0.306 e. The highest BCUT2D eigenvalue weighted by Gasteiger charge is 2.27. The molecule has 0 amide bonds. The molecule has 1 aromatic heterocycles. The van der Waals surface area contributed by atoms with Crippen LogP contribution in [0.25, 0.3) is 0 Å². The first-order valence-electron chi connectivity index (χ1n) is 5.43. The number of nitrogens with zero attached hydrogens (tertiary/aromatic N) is 1. The highest BCUT2D eigenvalue weighted by Crippen LogP contribution is 2.26. The van der Waals surface area contributed by atoms with Crippen molar-refractivity contribution < 1.29 is 0 Å². The van der Waals surface area contributed by atoms with E-state index >= 15 is 0 Å². The third-order valence-corrected chi connectivity index (χ3v) is 3.03. The van der Waals surface area contributed by atoms with E-state index in [1.807, 2.05) is 49.6 Å². The lowest BCUT2D eigenvalue weighted by molar-refractivity contribution is 0.470. The van der Waals surface area contributed by atoms with Gasteiger partial charge in [0.25, 0.3) is 0 Å². The minimum absolute atomic E-state index is 0.234. The number of nitrogens with one attached hydrogen (secondary N) is 1. The number of aromatic nitrogens is 1.